The van der Waals surface area contributed by atoms with E-state index in [0.717, 1.165) is 22.9 Å². The fourth-order valence-corrected chi connectivity index (χ4v) is 3.68. The second-order valence-corrected chi connectivity index (χ2v) is 7.17. The molecule has 154 valence electrons. The topological polar surface area (TPSA) is 110 Å². The molecule has 30 heavy (non-hydrogen) atoms. The van der Waals surface area contributed by atoms with Crippen LogP contribution in [0, 0.1) is 0 Å². The van der Waals surface area contributed by atoms with Gasteiger partial charge in [0.1, 0.15) is 17.9 Å². The number of rotatable bonds is 6. The van der Waals surface area contributed by atoms with Gasteiger partial charge in [0.05, 0.1) is 23.2 Å². The molecule has 0 aliphatic carbocycles. The normalized spacial score (nSPS) is 11.2. The molecular weight excluding hydrogens is 408 g/mol. The summed E-state index contributed by atoms with van der Waals surface area (Å²) in [6.45, 7) is 2.49. The first-order chi connectivity index (χ1) is 14.5. The number of aryl methyl sites for hydroxylation is 1. The Morgan fingerprint density at radius 2 is 2.07 bits per heavy atom. The Kier molecular flexibility index (Phi) is 5.41. The Morgan fingerprint density at radius 3 is 2.80 bits per heavy atom. The Balaban J connectivity index is 1.81. The SMILES string of the molecule is CCCc1c2ncnc(NCc3ccc(OC)c(Cl)c3)c2cc2[nH]c(=O)c(=O)oc12. The van der Waals surface area contributed by atoms with Crippen molar-refractivity contribution < 1.29 is 9.15 Å². The van der Waals surface area contributed by atoms with E-state index in [1.165, 1.54) is 6.33 Å². The van der Waals surface area contributed by atoms with Crippen LogP contribution in [0.2, 0.25) is 5.02 Å². The van der Waals surface area contributed by atoms with Gasteiger partial charge < -0.3 is 19.5 Å². The monoisotopic (exact) mass is 426 g/mol. The number of benzene rings is 2. The maximum Gasteiger partial charge on any atom is 0.402 e. The van der Waals surface area contributed by atoms with Gasteiger partial charge in [-0.05, 0) is 30.2 Å². The van der Waals surface area contributed by atoms with Gasteiger partial charge in [-0.2, -0.15) is 0 Å². The summed E-state index contributed by atoms with van der Waals surface area (Å²) in [5, 5.41) is 4.54. The van der Waals surface area contributed by atoms with Gasteiger partial charge in [0.15, 0.2) is 5.58 Å². The van der Waals surface area contributed by atoms with Crippen molar-refractivity contribution in [3.05, 3.63) is 67.5 Å². The molecule has 0 fully saturated rings. The standard InChI is InChI=1S/C21H19ClN4O4/c1-3-4-12-17-13(8-15-18(12)30-21(28)20(27)26-15)19(25-10-24-17)23-9-11-5-6-16(29-2)14(22)7-11/h5-8,10H,3-4,9H2,1-2H3,(H,26,27)(H,23,24,25). The van der Waals surface area contributed by atoms with Crippen LogP contribution in [0.25, 0.3) is 22.0 Å². The van der Waals surface area contributed by atoms with Crippen molar-refractivity contribution in [3.63, 3.8) is 0 Å². The van der Waals surface area contributed by atoms with Crippen molar-refractivity contribution in [2.75, 3.05) is 12.4 Å². The maximum atomic E-state index is 11.8. The predicted octanol–water partition coefficient (Wildman–Crippen LogP) is 3.65. The zero-order chi connectivity index (χ0) is 21.3. The smallest absolute Gasteiger partial charge is 0.402 e. The third-order valence-electron chi connectivity index (χ3n) is 4.78. The van der Waals surface area contributed by atoms with Gasteiger partial charge in [-0.3, -0.25) is 4.79 Å². The minimum atomic E-state index is -0.928. The first-order valence-corrected chi connectivity index (χ1v) is 9.79. The Hall–Kier alpha value is -3.39. The molecule has 0 aliphatic rings. The van der Waals surface area contributed by atoms with Crippen molar-refractivity contribution in [1.29, 1.82) is 0 Å². The Labute approximate surface area is 175 Å². The van der Waals surface area contributed by atoms with Gasteiger partial charge in [0.25, 0.3) is 0 Å². The molecule has 0 amide bonds. The van der Waals surface area contributed by atoms with Crippen molar-refractivity contribution in [1.82, 2.24) is 15.0 Å². The van der Waals surface area contributed by atoms with Gasteiger partial charge in [0.2, 0.25) is 0 Å². The minimum absolute atomic E-state index is 0.348. The van der Waals surface area contributed by atoms with E-state index in [0.29, 0.717) is 46.2 Å². The number of ether oxygens (including phenoxy) is 1. The van der Waals surface area contributed by atoms with E-state index in [1.807, 2.05) is 19.1 Å². The first-order valence-electron chi connectivity index (χ1n) is 9.41. The second kappa shape index (κ2) is 8.16. The zero-order valence-electron chi connectivity index (χ0n) is 16.4. The van der Waals surface area contributed by atoms with E-state index in [-0.39, 0.29) is 0 Å². The molecular formula is C21H19ClN4O4. The van der Waals surface area contributed by atoms with Crippen LogP contribution in [0.1, 0.15) is 24.5 Å². The maximum absolute atomic E-state index is 11.8. The number of methoxy groups -OCH3 is 1. The van der Waals surface area contributed by atoms with E-state index in [9.17, 15) is 9.59 Å². The van der Waals surface area contributed by atoms with Gasteiger partial charge in [-0.1, -0.05) is 31.0 Å². The lowest BCUT2D eigenvalue weighted by molar-refractivity contribution is 0.415. The van der Waals surface area contributed by atoms with E-state index in [2.05, 4.69) is 20.3 Å². The summed E-state index contributed by atoms with van der Waals surface area (Å²) in [5.74, 6) is 1.20. The number of nitrogens with zero attached hydrogens (tertiary/aromatic N) is 2. The molecule has 2 N–H and O–H groups in total. The summed E-state index contributed by atoms with van der Waals surface area (Å²) in [4.78, 5) is 34.9. The first kappa shape index (κ1) is 19.9. The molecule has 2 aromatic heterocycles. The fourth-order valence-electron chi connectivity index (χ4n) is 3.40. The molecule has 0 atom stereocenters. The third kappa shape index (κ3) is 3.61. The number of fused-ring (bicyclic) bond motifs is 2. The number of nitrogens with one attached hydrogen (secondary N) is 2. The average Bonchev–Trinajstić information content (AvgIpc) is 2.74. The van der Waals surface area contributed by atoms with Crippen molar-refractivity contribution in [3.8, 4) is 5.75 Å². The minimum Gasteiger partial charge on any atom is -0.495 e. The van der Waals surface area contributed by atoms with Crippen LogP contribution in [0.3, 0.4) is 0 Å². The van der Waals surface area contributed by atoms with Gasteiger partial charge in [-0.25, -0.2) is 14.8 Å². The number of anilines is 1. The largest absolute Gasteiger partial charge is 0.495 e. The van der Waals surface area contributed by atoms with Crippen molar-refractivity contribution >= 4 is 39.4 Å². The molecule has 0 unspecified atom stereocenters. The molecule has 4 aromatic rings. The number of H-pyrrole nitrogens is 1. The molecule has 9 heteroatoms. The van der Waals surface area contributed by atoms with Crippen LogP contribution >= 0.6 is 11.6 Å². The average molecular weight is 427 g/mol. The molecule has 0 saturated carbocycles. The lowest BCUT2D eigenvalue weighted by Gasteiger charge is -2.13. The molecule has 4 rings (SSSR count). The molecule has 0 spiro atoms. The lowest BCUT2D eigenvalue weighted by Crippen LogP contribution is -2.25. The number of hydrogen-bond donors (Lipinski definition) is 2. The molecule has 0 radical (unpaired) electrons. The summed E-state index contributed by atoms with van der Waals surface area (Å²) in [6, 6.07) is 7.25. The number of halogens is 1. The fraction of sp³-hybridized carbons (Fsp3) is 0.238. The van der Waals surface area contributed by atoms with Crippen LogP contribution in [0.15, 0.2) is 44.6 Å². The highest BCUT2D eigenvalue weighted by Gasteiger charge is 2.16. The molecule has 8 nitrogen and oxygen atoms in total. The van der Waals surface area contributed by atoms with Crippen LogP contribution in [-0.4, -0.2) is 22.1 Å². The highest BCUT2D eigenvalue weighted by molar-refractivity contribution is 6.32. The highest BCUT2D eigenvalue weighted by Crippen LogP contribution is 2.30. The molecule has 2 heterocycles. The summed E-state index contributed by atoms with van der Waals surface area (Å²) in [5.41, 5.74) is 1.43. The lowest BCUT2D eigenvalue weighted by atomic mass is 10.0. The number of aromatic amines is 1. The third-order valence-corrected chi connectivity index (χ3v) is 5.08. The predicted molar refractivity (Wildman–Crippen MR) is 116 cm³/mol. The quantitative estimate of drug-likeness (QED) is 0.357. The molecule has 0 saturated heterocycles. The van der Waals surface area contributed by atoms with E-state index >= 15 is 0 Å². The highest BCUT2D eigenvalue weighted by atomic mass is 35.5. The van der Waals surface area contributed by atoms with Crippen LogP contribution in [0.5, 0.6) is 5.75 Å². The summed E-state index contributed by atoms with van der Waals surface area (Å²) < 4.78 is 10.5. The van der Waals surface area contributed by atoms with Gasteiger partial charge >= 0.3 is 11.2 Å². The summed E-state index contributed by atoms with van der Waals surface area (Å²) >= 11 is 6.21. The summed E-state index contributed by atoms with van der Waals surface area (Å²) in [7, 11) is 1.57. The molecule has 2 aromatic carbocycles. The van der Waals surface area contributed by atoms with E-state index in [1.54, 1.807) is 19.2 Å². The van der Waals surface area contributed by atoms with Crippen LogP contribution in [0.4, 0.5) is 5.82 Å². The molecule has 0 bridgehead atoms. The Bertz CT molecular complexity index is 1360. The molecule has 0 aliphatic heterocycles. The van der Waals surface area contributed by atoms with E-state index < -0.39 is 11.2 Å². The number of hydrogen-bond acceptors (Lipinski definition) is 7. The Morgan fingerprint density at radius 1 is 1.23 bits per heavy atom. The number of aromatic nitrogens is 3. The van der Waals surface area contributed by atoms with Gasteiger partial charge in [-0.15, -0.1) is 0 Å². The van der Waals surface area contributed by atoms with Crippen LogP contribution in [-0.2, 0) is 13.0 Å². The van der Waals surface area contributed by atoms with Gasteiger partial charge in [0, 0.05) is 17.5 Å². The van der Waals surface area contributed by atoms with Crippen molar-refractivity contribution in [2.45, 2.75) is 26.3 Å². The van der Waals surface area contributed by atoms with E-state index in [4.69, 9.17) is 20.8 Å². The van der Waals surface area contributed by atoms with Crippen molar-refractivity contribution in [2.24, 2.45) is 0 Å². The summed E-state index contributed by atoms with van der Waals surface area (Å²) in [6.07, 6.45) is 2.90. The zero-order valence-corrected chi connectivity index (χ0v) is 17.2. The van der Waals surface area contributed by atoms with Crippen LogP contribution < -0.4 is 21.2 Å². The second-order valence-electron chi connectivity index (χ2n) is 6.77.